The molecule has 0 aliphatic heterocycles. The summed E-state index contributed by atoms with van der Waals surface area (Å²) in [4.78, 5) is 15.2. The molecule has 104 valence electrons. The third-order valence-electron chi connectivity index (χ3n) is 2.85. The first kappa shape index (κ1) is 14.0. The van der Waals surface area contributed by atoms with Gasteiger partial charge in [-0.05, 0) is 36.2 Å². The molecule has 0 unspecified atom stereocenters. The van der Waals surface area contributed by atoms with Gasteiger partial charge in [-0.15, -0.1) is 0 Å². The van der Waals surface area contributed by atoms with E-state index in [2.05, 4.69) is 15.6 Å². The van der Waals surface area contributed by atoms with E-state index in [0.29, 0.717) is 17.9 Å². The van der Waals surface area contributed by atoms with Gasteiger partial charge in [0.1, 0.15) is 5.82 Å². The van der Waals surface area contributed by atoms with Crippen molar-refractivity contribution in [1.29, 1.82) is 0 Å². The number of hydrogen-bond acceptors (Lipinski definition) is 3. The molecular formula is C15H16FN3O. The number of anilines is 1. The van der Waals surface area contributed by atoms with Gasteiger partial charge in [0.15, 0.2) is 0 Å². The smallest absolute Gasteiger partial charge is 0.251 e. The van der Waals surface area contributed by atoms with Crippen LogP contribution in [0.25, 0.3) is 0 Å². The Morgan fingerprint density at radius 1 is 1.25 bits per heavy atom. The summed E-state index contributed by atoms with van der Waals surface area (Å²) in [6, 6.07) is 12.0. The van der Waals surface area contributed by atoms with Crippen molar-refractivity contribution in [3.8, 4) is 0 Å². The molecule has 4 nitrogen and oxygen atoms in total. The molecule has 0 bridgehead atoms. The molecule has 2 rings (SSSR count). The molecule has 1 heterocycles. The van der Waals surface area contributed by atoms with Crippen LogP contribution in [0.5, 0.6) is 0 Å². The summed E-state index contributed by atoms with van der Waals surface area (Å²) in [6.07, 6.45) is 0.725. The summed E-state index contributed by atoms with van der Waals surface area (Å²) >= 11 is 0. The average molecular weight is 273 g/mol. The number of nitrogens with one attached hydrogen (secondary N) is 2. The molecule has 0 atom stereocenters. The van der Waals surface area contributed by atoms with E-state index in [9.17, 15) is 9.18 Å². The lowest BCUT2D eigenvalue weighted by Crippen LogP contribution is -2.18. The molecule has 20 heavy (non-hydrogen) atoms. The van der Waals surface area contributed by atoms with Crippen LogP contribution in [0.1, 0.15) is 15.9 Å². The second-order valence-electron chi connectivity index (χ2n) is 4.30. The normalized spacial score (nSPS) is 10.1. The van der Waals surface area contributed by atoms with Crippen molar-refractivity contribution < 1.29 is 9.18 Å². The predicted octanol–water partition coefficient (Wildman–Crippen LogP) is 2.23. The zero-order chi connectivity index (χ0) is 14.4. The van der Waals surface area contributed by atoms with E-state index < -0.39 is 5.95 Å². The summed E-state index contributed by atoms with van der Waals surface area (Å²) in [6.45, 7) is 0.619. The molecule has 0 fully saturated rings. The fourth-order valence-corrected chi connectivity index (χ4v) is 1.85. The SMILES string of the molecule is CNC(=O)c1cccc(CCNc2cccc(F)n2)c1. The van der Waals surface area contributed by atoms with Gasteiger partial charge in [-0.25, -0.2) is 4.98 Å². The molecule has 0 spiro atoms. The first-order valence-electron chi connectivity index (χ1n) is 6.36. The fraction of sp³-hybridized carbons (Fsp3) is 0.200. The Morgan fingerprint density at radius 2 is 2.05 bits per heavy atom. The van der Waals surface area contributed by atoms with Gasteiger partial charge in [0, 0.05) is 19.2 Å². The summed E-state index contributed by atoms with van der Waals surface area (Å²) in [7, 11) is 1.60. The van der Waals surface area contributed by atoms with Crippen molar-refractivity contribution in [2.75, 3.05) is 18.9 Å². The van der Waals surface area contributed by atoms with Gasteiger partial charge in [-0.3, -0.25) is 4.79 Å². The average Bonchev–Trinajstić information content (AvgIpc) is 2.47. The maximum Gasteiger partial charge on any atom is 0.251 e. The van der Waals surface area contributed by atoms with Crippen molar-refractivity contribution >= 4 is 11.7 Å². The van der Waals surface area contributed by atoms with Crippen molar-refractivity contribution in [3.05, 3.63) is 59.5 Å². The monoisotopic (exact) mass is 273 g/mol. The molecule has 0 aliphatic rings. The molecule has 0 aliphatic carbocycles. The number of rotatable bonds is 5. The second kappa shape index (κ2) is 6.65. The van der Waals surface area contributed by atoms with Crippen LogP contribution in [0.2, 0.25) is 0 Å². The van der Waals surface area contributed by atoms with Gasteiger partial charge in [-0.1, -0.05) is 18.2 Å². The standard InChI is InChI=1S/C15H16FN3O/c1-17-15(20)12-5-2-4-11(10-12)8-9-18-14-7-3-6-13(16)19-14/h2-7,10H,8-9H2,1H3,(H,17,20)(H,18,19). The number of halogens is 1. The quantitative estimate of drug-likeness (QED) is 0.821. The van der Waals surface area contributed by atoms with E-state index >= 15 is 0 Å². The van der Waals surface area contributed by atoms with Crippen LogP contribution in [0.3, 0.4) is 0 Å². The summed E-state index contributed by atoms with van der Waals surface area (Å²) < 4.78 is 12.9. The van der Waals surface area contributed by atoms with Crippen LogP contribution in [0.15, 0.2) is 42.5 Å². The zero-order valence-electron chi connectivity index (χ0n) is 11.2. The first-order chi connectivity index (χ1) is 9.69. The van der Waals surface area contributed by atoms with Gasteiger partial charge >= 0.3 is 0 Å². The first-order valence-corrected chi connectivity index (χ1v) is 6.36. The Labute approximate surface area is 117 Å². The fourth-order valence-electron chi connectivity index (χ4n) is 1.85. The predicted molar refractivity (Wildman–Crippen MR) is 76.2 cm³/mol. The number of amides is 1. The van der Waals surface area contributed by atoms with Gasteiger partial charge < -0.3 is 10.6 Å². The highest BCUT2D eigenvalue weighted by Crippen LogP contribution is 2.08. The minimum absolute atomic E-state index is 0.105. The highest BCUT2D eigenvalue weighted by Gasteiger charge is 2.03. The number of nitrogens with zero attached hydrogens (tertiary/aromatic N) is 1. The lowest BCUT2D eigenvalue weighted by atomic mass is 10.1. The topological polar surface area (TPSA) is 54.0 Å². The molecule has 2 N–H and O–H groups in total. The number of benzene rings is 1. The third-order valence-corrected chi connectivity index (χ3v) is 2.85. The number of hydrogen-bond donors (Lipinski definition) is 2. The van der Waals surface area contributed by atoms with E-state index in [4.69, 9.17) is 0 Å². The summed E-state index contributed by atoms with van der Waals surface area (Å²) in [5.41, 5.74) is 1.67. The summed E-state index contributed by atoms with van der Waals surface area (Å²) in [5, 5.41) is 5.64. The Hall–Kier alpha value is -2.43. The van der Waals surface area contributed by atoms with Gasteiger partial charge in [-0.2, -0.15) is 4.39 Å². The van der Waals surface area contributed by atoms with E-state index in [1.807, 2.05) is 18.2 Å². The maximum atomic E-state index is 12.9. The van der Waals surface area contributed by atoms with Crippen molar-refractivity contribution in [1.82, 2.24) is 10.3 Å². The minimum Gasteiger partial charge on any atom is -0.370 e. The minimum atomic E-state index is -0.503. The van der Waals surface area contributed by atoms with Gasteiger partial charge in [0.05, 0.1) is 0 Å². The number of carbonyl (C=O) groups excluding carboxylic acids is 1. The van der Waals surface area contributed by atoms with Gasteiger partial charge in [0.2, 0.25) is 5.95 Å². The van der Waals surface area contributed by atoms with Crippen LogP contribution >= 0.6 is 0 Å². The van der Waals surface area contributed by atoms with Crippen molar-refractivity contribution in [2.45, 2.75) is 6.42 Å². The summed E-state index contributed by atoms with van der Waals surface area (Å²) in [5.74, 6) is -0.101. The van der Waals surface area contributed by atoms with Crippen LogP contribution in [0, 0.1) is 5.95 Å². The lowest BCUT2D eigenvalue weighted by molar-refractivity contribution is 0.0963. The second-order valence-corrected chi connectivity index (χ2v) is 4.30. The zero-order valence-corrected chi connectivity index (χ0v) is 11.2. The largest absolute Gasteiger partial charge is 0.370 e. The van der Waals surface area contributed by atoms with Gasteiger partial charge in [0.25, 0.3) is 5.91 Å². The molecule has 5 heteroatoms. The Kier molecular flexibility index (Phi) is 4.65. The third kappa shape index (κ3) is 3.78. The Balaban J connectivity index is 1.92. The highest BCUT2D eigenvalue weighted by atomic mass is 19.1. The molecule has 2 aromatic rings. The van der Waals surface area contributed by atoms with E-state index in [-0.39, 0.29) is 5.91 Å². The van der Waals surface area contributed by atoms with E-state index in [1.54, 1.807) is 25.2 Å². The number of aromatic nitrogens is 1. The molecule has 1 aromatic carbocycles. The van der Waals surface area contributed by atoms with Crippen molar-refractivity contribution in [2.24, 2.45) is 0 Å². The highest BCUT2D eigenvalue weighted by molar-refractivity contribution is 5.94. The lowest BCUT2D eigenvalue weighted by Gasteiger charge is -2.07. The number of pyridine rings is 1. The van der Waals surface area contributed by atoms with Crippen molar-refractivity contribution in [3.63, 3.8) is 0 Å². The van der Waals surface area contributed by atoms with Crippen LogP contribution in [0.4, 0.5) is 10.2 Å². The molecule has 1 aromatic heterocycles. The molecule has 0 saturated heterocycles. The van der Waals surface area contributed by atoms with Crippen LogP contribution < -0.4 is 10.6 Å². The maximum absolute atomic E-state index is 12.9. The number of carbonyl (C=O) groups is 1. The Morgan fingerprint density at radius 3 is 2.80 bits per heavy atom. The molecule has 1 amide bonds. The van der Waals surface area contributed by atoms with Crippen LogP contribution in [-0.4, -0.2) is 24.5 Å². The molecular weight excluding hydrogens is 257 g/mol. The molecule has 0 saturated carbocycles. The van der Waals surface area contributed by atoms with E-state index in [1.165, 1.54) is 6.07 Å². The van der Waals surface area contributed by atoms with E-state index in [0.717, 1.165) is 12.0 Å². The Bertz CT molecular complexity index is 601. The molecule has 0 radical (unpaired) electrons. The van der Waals surface area contributed by atoms with Crippen LogP contribution in [-0.2, 0) is 6.42 Å².